The van der Waals surface area contributed by atoms with E-state index >= 15 is 0 Å². The Labute approximate surface area is 198 Å². The molecule has 1 atom stereocenters. The Balaban J connectivity index is 2.59. The highest BCUT2D eigenvalue weighted by atomic mass is 16.6. The van der Waals surface area contributed by atoms with Gasteiger partial charge in [-0.05, 0) is 58.2 Å². The molecular formula is C23H32N2O9. The van der Waals surface area contributed by atoms with Gasteiger partial charge in [0.25, 0.3) is 0 Å². The van der Waals surface area contributed by atoms with Crippen LogP contribution in [0.5, 0.6) is 5.75 Å². The minimum absolute atomic E-state index is 0.0373. The van der Waals surface area contributed by atoms with Crippen molar-refractivity contribution in [2.45, 2.75) is 58.6 Å². The summed E-state index contributed by atoms with van der Waals surface area (Å²) in [5.74, 6) is -3.03. The highest BCUT2D eigenvalue weighted by Crippen LogP contribution is 2.20. The van der Waals surface area contributed by atoms with E-state index in [9.17, 15) is 29.1 Å². The molecule has 0 aromatic heterocycles. The molecule has 1 unspecified atom stereocenters. The lowest BCUT2D eigenvalue weighted by molar-refractivity contribution is -0.146. The van der Waals surface area contributed by atoms with Gasteiger partial charge in [0.2, 0.25) is 5.91 Å². The predicted octanol–water partition coefficient (Wildman–Crippen LogP) is 2.10. The number of aromatic hydroxyl groups is 1. The Morgan fingerprint density at radius 1 is 1.09 bits per heavy atom. The van der Waals surface area contributed by atoms with Crippen molar-refractivity contribution in [2.75, 3.05) is 20.3 Å². The summed E-state index contributed by atoms with van der Waals surface area (Å²) in [6.07, 6.45) is 0.678. The summed E-state index contributed by atoms with van der Waals surface area (Å²) in [6.45, 7) is 6.20. The number of amides is 2. The van der Waals surface area contributed by atoms with Crippen LogP contribution >= 0.6 is 0 Å². The Morgan fingerprint density at radius 2 is 1.76 bits per heavy atom. The molecule has 0 saturated carbocycles. The average molecular weight is 481 g/mol. The zero-order valence-corrected chi connectivity index (χ0v) is 20.1. The summed E-state index contributed by atoms with van der Waals surface area (Å²) in [4.78, 5) is 59.6. The highest BCUT2D eigenvalue weighted by molar-refractivity contribution is 6.01. The van der Waals surface area contributed by atoms with E-state index in [2.05, 4.69) is 15.4 Å². The van der Waals surface area contributed by atoms with E-state index in [1.54, 1.807) is 20.8 Å². The fraction of sp³-hybridized carbons (Fsp3) is 0.522. The maximum absolute atomic E-state index is 12.4. The van der Waals surface area contributed by atoms with Crippen molar-refractivity contribution in [1.29, 1.82) is 0 Å². The number of Topliss-reactive ketones (excluding diaryl/α,β-unsaturated/α-hetero) is 1. The number of benzene rings is 1. The first-order valence-corrected chi connectivity index (χ1v) is 10.7. The van der Waals surface area contributed by atoms with E-state index in [1.165, 1.54) is 13.0 Å². The van der Waals surface area contributed by atoms with E-state index in [0.717, 1.165) is 19.2 Å². The Kier molecular flexibility index (Phi) is 11.0. The van der Waals surface area contributed by atoms with Crippen LogP contribution < -0.4 is 10.6 Å². The fourth-order valence-corrected chi connectivity index (χ4v) is 2.78. The van der Waals surface area contributed by atoms with Gasteiger partial charge in [0.15, 0.2) is 12.4 Å². The molecule has 11 nitrogen and oxygen atoms in total. The minimum atomic E-state index is -0.975. The van der Waals surface area contributed by atoms with Crippen molar-refractivity contribution in [3.63, 3.8) is 0 Å². The number of alkyl carbamates (subject to hydrolysis) is 1. The molecule has 11 heteroatoms. The Hall–Kier alpha value is -3.63. The number of nitrogens with one attached hydrogen (secondary N) is 2. The number of rotatable bonds is 11. The van der Waals surface area contributed by atoms with E-state index in [4.69, 9.17) is 9.47 Å². The van der Waals surface area contributed by atoms with Gasteiger partial charge >= 0.3 is 18.0 Å². The van der Waals surface area contributed by atoms with Gasteiger partial charge in [-0.3, -0.25) is 9.59 Å². The monoisotopic (exact) mass is 480 g/mol. The van der Waals surface area contributed by atoms with Gasteiger partial charge in [-0.15, -0.1) is 0 Å². The smallest absolute Gasteiger partial charge is 0.407 e. The predicted molar refractivity (Wildman–Crippen MR) is 120 cm³/mol. The van der Waals surface area contributed by atoms with Crippen molar-refractivity contribution in [1.82, 2.24) is 10.6 Å². The summed E-state index contributed by atoms with van der Waals surface area (Å²) in [5, 5.41) is 14.8. The number of carbonyl (C=O) groups excluding carboxylic acids is 5. The number of hydrogen-bond acceptors (Lipinski definition) is 9. The average Bonchev–Trinajstić information content (AvgIpc) is 2.74. The molecule has 0 heterocycles. The van der Waals surface area contributed by atoms with Crippen LogP contribution in [0.3, 0.4) is 0 Å². The van der Waals surface area contributed by atoms with Gasteiger partial charge in [0.05, 0.1) is 7.11 Å². The first kappa shape index (κ1) is 28.4. The summed E-state index contributed by atoms with van der Waals surface area (Å²) < 4.78 is 14.7. The van der Waals surface area contributed by atoms with Gasteiger partial charge in [-0.2, -0.15) is 0 Å². The van der Waals surface area contributed by atoms with Crippen LogP contribution in [-0.2, 0) is 23.8 Å². The van der Waals surface area contributed by atoms with Crippen LogP contribution in [0.1, 0.15) is 67.7 Å². The van der Waals surface area contributed by atoms with Gasteiger partial charge in [-0.25, -0.2) is 14.4 Å². The summed E-state index contributed by atoms with van der Waals surface area (Å²) >= 11 is 0. The van der Waals surface area contributed by atoms with Crippen LogP contribution in [0.2, 0.25) is 0 Å². The lowest BCUT2D eigenvalue weighted by Crippen LogP contribution is -2.41. The lowest BCUT2D eigenvalue weighted by Gasteiger charge is -2.20. The number of methoxy groups -OCH3 is 1. The van der Waals surface area contributed by atoms with Crippen molar-refractivity contribution in [3.05, 3.63) is 29.3 Å². The molecule has 3 N–H and O–H groups in total. The Bertz CT molecular complexity index is 906. The second kappa shape index (κ2) is 13.2. The molecule has 0 aliphatic heterocycles. The van der Waals surface area contributed by atoms with Gasteiger partial charge < -0.3 is 30.0 Å². The molecule has 1 aromatic rings. The van der Waals surface area contributed by atoms with Gasteiger partial charge in [0.1, 0.15) is 23.0 Å². The largest absolute Gasteiger partial charge is 0.507 e. The standard InChI is InChI=1S/C23H32N2O9/c1-14(26)25-17(8-6-7-11-24-22(31)34-23(2,3)4)21(30)33-13-19(28)15-9-10-18(27)16(12-15)20(29)32-5/h9-10,12,17,27H,6-8,11,13H2,1-5H3,(H,24,31)(H,25,26). The van der Waals surface area contributed by atoms with Crippen molar-refractivity contribution < 1.29 is 43.3 Å². The number of ketones is 1. The third kappa shape index (κ3) is 10.3. The molecule has 1 rings (SSSR count). The topological polar surface area (TPSA) is 157 Å². The van der Waals surface area contributed by atoms with Crippen LogP contribution in [0.25, 0.3) is 0 Å². The third-order valence-corrected chi connectivity index (χ3v) is 4.32. The van der Waals surface area contributed by atoms with Crippen LogP contribution in [0, 0.1) is 0 Å². The Morgan fingerprint density at radius 3 is 2.35 bits per heavy atom. The highest BCUT2D eigenvalue weighted by Gasteiger charge is 2.23. The molecule has 0 radical (unpaired) electrons. The van der Waals surface area contributed by atoms with Gasteiger partial charge in [0, 0.05) is 19.0 Å². The first-order valence-electron chi connectivity index (χ1n) is 10.7. The van der Waals surface area contributed by atoms with Crippen LogP contribution in [-0.4, -0.2) is 66.7 Å². The number of phenolic OH excluding ortho intramolecular Hbond substituents is 1. The third-order valence-electron chi connectivity index (χ3n) is 4.32. The number of hydrogen-bond donors (Lipinski definition) is 3. The van der Waals surface area contributed by atoms with Crippen molar-refractivity contribution in [2.24, 2.45) is 0 Å². The van der Waals surface area contributed by atoms with E-state index in [1.807, 2.05) is 0 Å². The number of unbranched alkanes of at least 4 members (excludes halogenated alkanes) is 1. The number of esters is 2. The zero-order valence-electron chi connectivity index (χ0n) is 20.1. The molecule has 34 heavy (non-hydrogen) atoms. The lowest BCUT2D eigenvalue weighted by atomic mass is 10.1. The zero-order chi connectivity index (χ0) is 25.9. The molecule has 1 aromatic carbocycles. The molecule has 188 valence electrons. The van der Waals surface area contributed by atoms with Crippen LogP contribution in [0.4, 0.5) is 4.79 Å². The summed E-state index contributed by atoms with van der Waals surface area (Å²) in [6, 6.07) is 2.60. The molecule has 0 spiro atoms. The number of ether oxygens (including phenoxy) is 3. The normalized spacial score (nSPS) is 11.7. The van der Waals surface area contributed by atoms with Gasteiger partial charge in [-0.1, -0.05) is 0 Å². The molecule has 2 amide bonds. The molecular weight excluding hydrogens is 448 g/mol. The van der Waals surface area contributed by atoms with E-state index < -0.39 is 48.0 Å². The second-order valence-electron chi connectivity index (χ2n) is 8.43. The maximum Gasteiger partial charge on any atom is 0.407 e. The first-order chi connectivity index (χ1) is 15.8. The molecule has 0 aliphatic carbocycles. The molecule has 0 saturated heterocycles. The second-order valence-corrected chi connectivity index (χ2v) is 8.43. The maximum atomic E-state index is 12.4. The minimum Gasteiger partial charge on any atom is -0.507 e. The number of phenols is 1. The van der Waals surface area contributed by atoms with E-state index in [0.29, 0.717) is 19.4 Å². The SMILES string of the molecule is COC(=O)c1cc(C(=O)COC(=O)C(CCCCNC(=O)OC(C)(C)C)NC(C)=O)ccc1O. The van der Waals surface area contributed by atoms with Crippen molar-refractivity contribution >= 4 is 29.7 Å². The van der Waals surface area contributed by atoms with E-state index in [-0.39, 0.29) is 23.3 Å². The quantitative estimate of drug-likeness (QED) is 0.187. The molecule has 0 aliphatic rings. The summed E-state index contributed by atoms with van der Waals surface area (Å²) in [7, 11) is 1.13. The molecule has 0 fully saturated rings. The fourth-order valence-electron chi connectivity index (χ4n) is 2.78. The van der Waals surface area contributed by atoms with Crippen LogP contribution in [0.15, 0.2) is 18.2 Å². The molecule has 0 bridgehead atoms. The summed E-state index contributed by atoms with van der Waals surface area (Å²) in [5.41, 5.74) is -0.769. The number of carbonyl (C=O) groups is 5. The van der Waals surface area contributed by atoms with Crippen molar-refractivity contribution in [3.8, 4) is 5.75 Å².